The van der Waals surface area contributed by atoms with Crippen LogP contribution >= 0.6 is 23.2 Å². The van der Waals surface area contributed by atoms with Gasteiger partial charge in [-0.15, -0.1) is 0 Å². The number of halogens is 2. The van der Waals surface area contributed by atoms with Crippen molar-refractivity contribution in [3.8, 4) is 11.5 Å². The van der Waals surface area contributed by atoms with Crippen LogP contribution in [0, 0.1) is 0 Å². The second-order valence-electron chi connectivity index (χ2n) is 6.64. The minimum Gasteiger partial charge on any atom is -0.459 e. The maximum absolute atomic E-state index is 12.5. The lowest BCUT2D eigenvalue weighted by Gasteiger charge is -2.13. The van der Waals surface area contributed by atoms with Crippen LogP contribution in [0.1, 0.15) is 22.8 Å². The third kappa shape index (κ3) is 4.58. The van der Waals surface area contributed by atoms with Gasteiger partial charge >= 0.3 is 5.97 Å². The van der Waals surface area contributed by atoms with E-state index in [1.54, 1.807) is 48.8 Å². The number of pyridine rings is 1. The minimum absolute atomic E-state index is 0.278. The van der Waals surface area contributed by atoms with Gasteiger partial charge in [-0.3, -0.25) is 4.98 Å². The average Bonchev–Trinajstić information content (AvgIpc) is 3.11. The van der Waals surface area contributed by atoms with Gasteiger partial charge in [-0.05, 0) is 61.0 Å². The Morgan fingerprint density at radius 2 is 1.79 bits per heavy atom. The van der Waals surface area contributed by atoms with Crippen LogP contribution in [-0.4, -0.2) is 22.0 Å². The SMILES string of the molecule is CC(Cc1ccncc1)OC(=O)c1ccc2nc(-c3cc(Cl)cc(Cl)c3)oc2c1. The Kier molecular flexibility index (Phi) is 5.51. The van der Waals surface area contributed by atoms with Crippen molar-refractivity contribution >= 4 is 40.3 Å². The molecule has 0 saturated carbocycles. The molecule has 0 aliphatic carbocycles. The molecule has 2 aromatic heterocycles. The van der Waals surface area contributed by atoms with Crippen molar-refractivity contribution in [1.29, 1.82) is 0 Å². The molecular formula is C22H16Cl2N2O3. The Morgan fingerprint density at radius 3 is 2.52 bits per heavy atom. The van der Waals surface area contributed by atoms with Crippen LogP contribution in [0.15, 0.2) is 65.3 Å². The van der Waals surface area contributed by atoms with Crippen LogP contribution in [-0.2, 0) is 11.2 Å². The van der Waals surface area contributed by atoms with Crippen molar-refractivity contribution in [2.45, 2.75) is 19.4 Å². The Hall–Kier alpha value is -2.89. The fraction of sp³-hybridized carbons (Fsp3) is 0.136. The van der Waals surface area contributed by atoms with E-state index in [2.05, 4.69) is 9.97 Å². The Bertz CT molecular complexity index is 1160. The summed E-state index contributed by atoms with van der Waals surface area (Å²) >= 11 is 12.1. The molecule has 0 aliphatic heterocycles. The van der Waals surface area contributed by atoms with E-state index < -0.39 is 5.97 Å². The fourth-order valence-corrected chi connectivity index (χ4v) is 3.52. The molecule has 0 bridgehead atoms. The Labute approximate surface area is 177 Å². The topological polar surface area (TPSA) is 65.2 Å². The van der Waals surface area contributed by atoms with E-state index in [4.69, 9.17) is 32.4 Å². The van der Waals surface area contributed by atoms with Crippen LogP contribution in [0.25, 0.3) is 22.6 Å². The van der Waals surface area contributed by atoms with Gasteiger partial charge in [0.25, 0.3) is 0 Å². The van der Waals surface area contributed by atoms with Gasteiger partial charge in [-0.1, -0.05) is 23.2 Å². The van der Waals surface area contributed by atoms with Gasteiger partial charge in [0.2, 0.25) is 5.89 Å². The van der Waals surface area contributed by atoms with Crippen molar-refractivity contribution in [2.24, 2.45) is 0 Å². The third-order valence-corrected chi connectivity index (χ3v) is 4.75. The van der Waals surface area contributed by atoms with Crippen molar-refractivity contribution in [3.63, 3.8) is 0 Å². The van der Waals surface area contributed by atoms with Crippen molar-refractivity contribution < 1.29 is 13.9 Å². The molecule has 0 amide bonds. The number of carbonyl (C=O) groups excluding carboxylic acids is 1. The number of oxazole rings is 1. The summed E-state index contributed by atoms with van der Waals surface area (Å²) in [5, 5.41) is 0.976. The molecule has 5 nitrogen and oxygen atoms in total. The minimum atomic E-state index is -0.419. The smallest absolute Gasteiger partial charge is 0.338 e. The average molecular weight is 427 g/mol. The van der Waals surface area contributed by atoms with Crippen LogP contribution in [0.3, 0.4) is 0 Å². The monoisotopic (exact) mass is 426 g/mol. The zero-order valence-corrected chi connectivity index (χ0v) is 16.9. The summed E-state index contributed by atoms with van der Waals surface area (Å²) in [5.41, 5.74) is 3.21. The van der Waals surface area contributed by atoms with Gasteiger partial charge in [0, 0.05) is 34.4 Å². The first-order chi connectivity index (χ1) is 14.0. The van der Waals surface area contributed by atoms with E-state index in [-0.39, 0.29) is 6.10 Å². The summed E-state index contributed by atoms with van der Waals surface area (Å²) in [6.07, 6.45) is 3.76. The number of aromatic nitrogens is 2. The van der Waals surface area contributed by atoms with Crippen LogP contribution in [0.4, 0.5) is 0 Å². The molecule has 29 heavy (non-hydrogen) atoms. The molecule has 0 spiro atoms. The molecular weight excluding hydrogens is 411 g/mol. The quantitative estimate of drug-likeness (QED) is 0.367. The first-order valence-electron chi connectivity index (χ1n) is 8.95. The number of rotatable bonds is 5. The van der Waals surface area contributed by atoms with Gasteiger partial charge < -0.3 is 9.15 Å². The molecule has 2 aromatic carbocycles. The lowest BCUT2D eigenvalue weighted by Crippen LogP contribution is -2.17. The first kappa shape index (κ1) is 19.4. The summed E-state index contributed by atoms with van der Waals surface area (Å²) in [6, 6.07) is 13.9. The number of hydrogen-bond donors (Lipinski definition) is 0. The number of fused-ring (bicyclic) bond motifs is 1. The molecule has 4 aromatic rings. The predicted molar refractivity (Wildman–Crippen MR) is 112 cm³/mol. The second-order valence-corrected chi connectivity index (χ2v) is 7.51. The zero-order chi connectivity index (χ0) is 20.4. The van der Waals surface area contributed by atoms with Gasteiger partial charge in [0.1, 0.15) is 11.6 Å². The first-order valence-corrected chi connectivity index (χ1v) is 9.70. The van der Waals surface area contributed by atoms with Gasteiger partial charge in [0.15, 0.2) is 5.58 Å². The lowest BCUT2D eigenvalue weighted by molar-refractivity contribution is 0.0343. The van der Waals surface area contributed by atoms with Gasteiger partial charge in [-0.2, -0.15) is 0 Å². The van der Waals surface area contributed by atoms with E-state index in [9.17, 15) is 4.79 Å². The lowest BCUT2D eigenvalue weighted by atomic mass is 10.1. The summed E-state index contributed by atoms with van der Waals surface area (Å²) in [7, 11) is 0. The zero-order valence-electron chi connectivity index (χ0n) is 15.4. The Morgan fingerprint density at radius 1 is 1.07 bits per heavy atom. The van der Waals surface area contributed by atoms with E-state index >= 15 is 0 Å². The molecule has 1 atom stereocenters. The maximum Gasteiger partial charge on any atom is 0.338 e. The number of hydrogen-bond acceptors (Lipinski definition) is 5. The highest BCUT2D eigenvalue weighted by molar-refractivity contribution is 6.35. The highest BCUT2D eigenvalue weighted by atomic mass is 35.5. The molecule has 1 unspecified atom stereocenters. The summed E-state index contributed by atoms with van der Waals surface area (Å²) in [4.78, 5) is 20.9. The van der Waals surface area contributed by atoms with E-state index in [0.717, 1.165) is 5.56 Å². The molecule has 0 aliphatic rings. The normalized spacial score (nSPS) is 12.1. The molecule has 0 radical (unpaired) electrons. The summed E-state index contributed by atoms with van der Waals surface area (Å²) in [6.45, 7) is 1.85. The van der Waals surface area contributed by atoms with Crippen LogP contribution < -0.4 is 0 Å². The van der Waals surface area contributed by atoms with Crippen LogP contribution in [0.2, 0.25) is 10.0 Å². The van der Waals surface area contributed by atoms with E-state index in [0.29, 0.717) is 44.6 Å². The molecule has 4 rings (SSSR count). The molecule has 0 fully saturated rings. The van der Waals surface area contributed by atoms with Crippen LogP contribution in [0.5, 0.6) is 0 Å². The number of ether oxygens (including phenoxy) is 1. The Balaban J connectivity index is 1.53. The molecule has 2 heterocycles. The largest absolute Gasteiger partial charge is 0.459 e. The van der Waals surface area contributed by atoms with Gasteiger partial charge in [-0.25, -0.2) is 9.78 Å². The third-order valence-electron chi connectivity index (χ3n) is 4.31. The van der Waals surface area contributed by atoms with E-state index in [1.165, 1.54) is 0 Å². The standard InChI is InChI=1S/C22H16Cl2N2O3/c1-13(8-14-4-6-25-7-5-14)28-22(27)15-2-3-19-20(11-15)29-21(26-19)16-9-17(23)12-18(24)10-16/h2-7,9-13H,8H2,1H3. The predicted octanol–water partition coefficient (Wildman–Crippen LogP) is 5.98. The molecule has 146 valence electrons. The van der Waals surface area contributed by atoms with Crippen molar-refractivity contribution in [2.75, 3.05) is 0 Å². The van der Waals surface area contributed by atoms with Crippen molar-refractivity contribution in [1.82, 2.24) is 9.97 Å². The number of esters is 1. The molecule has 0 saturated heterocycles. The summed E-state index contributed by atoms with van der Waals surface area (Å²) < 4.78 is 11.4. The second kappa shape index (κ2) is 8.23. The number of carbonyl (C=O) groups is 1. The molecule has 0 N–H and O–H groups in total. The molecule has 7 heteroatoms. The van der Waals surface area contributed by atoms with Crippen molar-refractivity contribution in [3.05, 3.63) is 82.1 Å². The van der Waals surface area contributed by atoms with E-state index in [1.807, 2.05) is 19.1 Å². The number of nitrogens with zero attached hydrogens (tertiary/aromatic N) is 2. The highest BCUT2D eigenvalue weighted by Crippen LogP contribution is 2.29. The highest BCUT2D eigenvalue weighted by Gasteiger charge is 2.16. The number of benzene rings is 2. The maximum atomic E-state index is 12.5. The fourth-order valence-electron chi connectivity index (χ4n) is 3.00. The summed E-state index contributed by atoms with van der Waals surface area (Å²) in [5.74, 6) is -0.0434. The van der Waals surface area contributed by atoms with Gasteiger partial charge in [0.05, 0.1) is 5.56 Å².